The second-order valence-electron chi connectivity index (χ2n) is 10.1. The predicted octanol–water partition coefficient (Wildman–Crippen LogP) is 0.110. The third kappa shape index (κ3) is 7.37. The molecule has 218 valence electrons. The number of ether oxygens (including phenoxy) is 2. The molecule has 1 saturated heterocycles. The van der Waals surface area contributed by atoms with Gasteiger partial charge >= 0.3 is 6.03 Å². The minimum Gasteiger partial charge on any atom is -0.443 e. The highest BCUT2D eigenvalue weighted by Gasteiger charge is 2.45. The summed E-state index contributed by atoms with van der Waals surface area (Å²) in [5, 5.41) is 52.9. The maximum atomic E-state index is 12.0. The predicted molar refractivity (Wildman–Crippen MR) is 144 cm³/mol. The lowest BCUT2D eigenvalue weighted by molar-refractivity contribution is -0.278. The number of aromatic nitrogens is 4. The first-order valence-electron chi connectivity index (χ1n) is 13.4. The van der Waals surface area contributed by atoms with E-state index in [-0.39, 0.29) is 17.8 Å². The molecule has 2 aromatic heterocycles. The summed E-state index contributed by atoms with van der Waals surface area (Å²) in [6.45, 7) is 4.47. The average molecular weight is 559 g/mol. The van der Waals surface area contributed by atoms with Crippen molar-refractivity contribution in [3.8, 4) is 5.88 Å². The molecule has 3 aromatic rings. The number of aliphatic hydroxyl groups is 4. The fraction of sp³-hybridized carbons (Fsp3) is 0.519. The molecule has 13 heteroatoms. The first-order valence-corrected chi connectivity index (χ1v) is 13.4. The van der Waals surface area contributed by atoms with Crippen LogP contribution in [0.5, 0.6) is 5.88 Å². The third-order valence-corrected chi connectivity index (χ3v) is 6.84. The first-order chi connectivity index (χ1) is 19.3. The molecule has 8 N–H and O–H groups in total. The molecule has 4 rings (SSSR count). The molecule has 3 heterocycles. The van der Waals surface area contributed by atoms with Crippen LogP contribution in [0.3, 0.4) is 0 Å². The number of nitrogens with one attached hydrogen (secondary N) is 4. The molecule has 0 aliphatic carbocycles. The Labute approximate surface area is 232 Å². The third-order valence-electron chi connectivity index (χ3n) is 6.84. The fourth-order valence-corrected chi connectivity index (χ4v) is 4.52. The smallest absolute Gasteiger partial charge is 0.314 e. The van der Waals surface area contributed by atoms with Gasteiger partial charge in [0.05, 0.1) is 18.6 Å². The van der Waals surface area contributed by atoms with Crippen molar-refractivity contribution in [3.63, 3.8) is 0 Å². The molecule has 0 bridgehead atoms. The molecule has 40 heavy (non-hydrogen) atoms. The van der Waals surface area contributed by atoms with Crippen LogP contribution in [-0.2, 0) is 24.0 Å². The quantitative estimate of drug-likeness (QED) is 0.152. The standard InChI is InChI=1S/C27H38N6O7/c1-15(2)21-19(25(33-32-21)40-26-24(37)23(36)22(35)20(13-34)39-26)11-17-5-3-16(4-6-17)7-9-29-27(38)30-10-8-18-12-28-14-31-18/h3-6,12,14-15,20,22-24,26,34-37H,7-11,13H2,1-2H3,(H,28,31)(H,32,33)(H2,29,30,38)/t20-,22-,23+,24-,26+/m1/s1. The number of rotatable bonds is 12. The van der Waals surface area contributed by atoms with Crippen LogP contribution in [0, 0.1) is 0 Å². The highest BCUT2D eigenvalue weighted by Crippen LogP contribution is 2.31. The summed E-state index contributed by atoms with van der Waals surface area (Å²) in [6.07, 6.45) is -1.74. The number of benzene rings is 1. The first kappa shape index (κ1) is 29.5. The van der Waals surface area contributed by atoms with Gasteiger partial charge in [-0.2, -0.15) is 0 Å². The van der Waals surface area contributed by atoms with Gasteiger partial charge in [0.15, 0.2) is 0 Å². The topological polar surface area (TPSA) is 198 Å². The molecule has 1 fully saturated rings. The summed E-state index contributed by atoms with van der Waals surface area (Å²) in [4.78, 5) is 19.0. The van der Waals surface area contributed by atoms with Crippen LogP contribution in [0.4, 0.5) is 4.79 Å². The fourth-order valence-electron chi connectivity index (χ4n) is 4.52. The Hall–Kier alpha value is -3.49. The van der Waals surface area contributed by atoms with Crippen molar-refractivity contribution in [1.29, 1.82) is 0 Å². The van der Waals surface area contributed by atoms with Gasteiger partial charge in [0.25, 0.3) is 0 Å². The SMILES string of the molecule is CC(C)c1[nH]nc(O[C@@H]2O[C@H](CO)[C@@H](O)[C@H](O)[C@H]2O)c1Cc1ccc(CCNC(=O)NCCc2c[nH]cn2)cc1. The van der Waals surface area contributed by atoms with Crippen molar-refractivity contribution in [3.05, 3.63) is 64.9 Å². The Morgan fingerprint density at radius 1 is 1.05 bits per heavy atom. The summed E-state index contributed by atoms with van der Waals surface area (Å²) >= 11 is 0. The highest BCUT2D eigenvalue weighted by molar-refractivity contribution is 5.73. The summed E-state index contributed by atoms with van der Waals surface area (Å²) in [7, 11) is 0. The molecular formula is C27H38N6O7. The van der Waals surface area contributed by atoms with E-state index in [1.165, 1.54) is 0 Å². The van der Waals surface area contributed by atoms with E-state index in [1.54, 1.807) is 12.5 Å². The van der Waals surface area contributed by atoms with E-state index in [9.17, 15) is 25.2 Å². The van der Waals surface area contributed by atoms with E-state index in [0.29, 0.717) is 32.4 Å². The van der Waals surface area contributed by atoms with Crippen LogP contribution in [0.25, 0.3) is 0 Å². The van der Waals surface area contributed by atoms with E-state index in [0.717, 1.165) is 28.1 Å². The van der Waals surface area contributed by atoms with Crippen molar-refractivity contribution >= 4 is 6.03 Å². The van der Waals surface area contributed by atoms with Crippen LogP contribution in [-0.4, -0.2) is 97.0 Å². The molecule has 0 unspecified atom stereocenters. The van der Waals surface area contributed by atoms with Gasteiger partial charge in [-0.05, 0) is 23.5 Å². The van der Waals surface area contributed by atoms with Gasteiger partial charge in [-0.15, -0.1) is 5.10 Å². The Balaban J connectivity index is 1.32. The second-order valence-corrected chi connectivity index (χ2v) is 10.1. The number of aliphatic hydroxyl groups excluding tert-OH is 4. The maximum Gasteiger partial charge on any atom is 0.314 e. The molecule has 1 aromatic carbocycles. The van der Waals surface area contributed by atoms with Crippen molar-refractivity contribution < 1.29 is 34.7 Å². The zero-order valence-electron chi connectivity index (χ0n) is 22.6. The zero-order valence-corrected chi connectivity index (χ0v) is 22.6. The minimum absolute atomic E-state index is 0.102. The Morgan fingerprint density at radius 2 is 1.75 bits per heavy atom. The number of nitrogens with zero attached hydrogens (tertiary/aromatic N) is 2. The lowest BCUT2D eigenvalue weighted by atomic mass is 9.98. The second kappa shape index (κ2) is 13.7. The number of carbonyl (C=O) groups excluding carboxylic acids is 1. The molecule has 2 amide bonds. The van der Waals surface area contributed by atoms with E-state index < -0.39 is 37.3 Å². The largest absolute Gasteiger partial charge is 0.443 e. The monoisotopic (exact) mass is 558 g/mol. The van der Waals surface area contributed by atoms with Crippen LogP contribution in [0.15, 0.2) is 36.8 Å². The number of H-pyrrole nitrogens is 2. The maximum absolute atomic E-state index is 12.0. The van der Waals surface area contributed by atoms with Crippen LogP contribution >= 0.6 is 0 Å². The van der Waals surface area contributed by atoms with Gasteiger partial charge in [-0.3, -0.25) is 5.10 Å². The van der Waals surface area contributed by atoms with Crippen LogP contribution in [0.2, 0.25) is 0 Å². The van der Waals surface area contributed by atoms with Crippen molar-refractivity contribution in [2.45, 2.75) is 69.7 Å². The van der Waals surface area contributed by atoms with Gasteiger partial charge < -0.3 is 45.5 Å². The number of hydrogen-bond donors (Lipinski definition) is 8. The van der Waals surface area contributed by atoms with E-state index >= 15 is 0 Å². The lowest BCUT2D eigenvalue weighted by Crippen LogP contribution is -2.60. The van der Waals surface area contributed by atoms with Gasteiger partial charge in [0, 0.05) is 43.4 Å². The summed E-state index contributed by atoms with van der Waals surface area (Å²) in [5.74, 6) is 0.310. The normalized spacial score (nSPS) is 22.8. The number of hydrogen-bond acceptors (Lipinski definition) is 9. The molecular weight excluding hydrogens is 520 g/mol. The average Bonchev–Trinajstić information content (AvgIpc) is 3.60. The zero-order chi connectivity index (χ0) is 28.6. The van der Waals surface area contributed by atoms with Gasteiger partial charge in [0.1, 0.15) is 24.4 Å². The summed E-state index contributed by atoms with van der Waals surface area (Å²) < 4.78 is 11.3. The van der Waals surface area contributed by atoms with Crippen molar-refractivity contribution in [2.75, 3.05) is 19.7 Å². The van der Waals surface area contributed by atoms with E-state index in [4.69, 9.17) is 9.47 Å². The molecule has 0 radical (unpaired) electrons. The summed E-state index contributed by atoms with van der Waals surface area (Å²) in [5.41, 5.74) is 4.58. The lowest BCUT2D eigenvalue weighted by Gasteiger charge is -2.39. The Morgan fingerprint density at radius 3 is 2.40 bits per heavy atom. The van der Waals surface area contributed by atoms with Gasteiger partial charge in [0.2, 0.25) is 12.2 Å². The molecule has 1 aliphatic heterocycles. The highest BCUT2D eigenvalue weighted by atomic mass is 16.7. The molecule has 13 nitrogen and oxygen atoms in total. The number of urea groups is 1. The van der Waals surface area contributed by atoms with Crippen LogP contribution < -0.4 is 15.4 Å². The van der Waals surface area contributed by atoms with E-state index in [2.05, 4.69) is 30.8 Å². The number of aromatic amines is 2. The van der Waals surface area contributed by atoms with Crippen molar-refractivity contribution in [1.82, 2.24) is 30.8 Å². The molecule has 5 atom stereocenters. The van der Waals surface area contributed by atoms with Crippen LogP contribution in [0.1, 0.15) is 47.8 Å². The van der Waals surface area contributed by atoms with Crippen molar-refractivity contribution in [2.24, 2.45) is 0 Å². The van der Waals surface area contributed by atoms with Gasteiger partial charge in [-0.1, -0.05) is 38.1 Å². The van der Waals surface area contributed by atoms with E-state index in [1.807, 2.05) is 38.1 Å². The number of amides is 2. The minimum atomic E-state index is -1.54. The number of carbonyl (C=O) groups is 1. The number of imidazole rings is 1. The molecule has 1 aliphatic rings. The summed E-state index contributed by atoms with van der Waals surface area (Å²) in [6, 6.07) is 7.77. The van der Waals surface area contributed by atoms with Gasteiger partial charge in [-0.25, -0.2) is 9.78 Å². The Kier molecular flexibility index (Phi) is 10.1. The molecule has 0 spiro atoms. The molecule has 0 saturated carbocycles. The Bertz CT molecular complexity index is 1200.